The van der Waals surface area contributed by atoms with Crippen LogP contribution in [0.15, 0.2) is 42.5 Å². The first-order chi connectivity index (χ1) is 15.1. The van der Waals surface area contributed by atoms with E-state index in [1.807, 2.05) is 30.3 Å². The average molecular weight is 424 g/mol. The summed E-state index contributed by atoms with van der Waals surface area (Å²) in [5.41, 5.74) is 1.66. The zero-order valence-corrected chi connectivity index (χ0v) is 18.8. The molecule has 0 atom stereocenters. The zero-order valence-electron chi connectivity index (χ0n) is 18.8. The fraction of sp³-hybridized carbons (Fsp3) is 0.500. The molecule has 0 N–H and O–H groups in total. The molecule has 0 saturated heterocycles. The highest BCUT2D eigenvalue weighted by Crippen LogP contribution is 2.41. The van der Waals surface area contributed by atoms with E-state index in [4.69, 9.17) is 14.2 Å². The van der Waals surface area contributed by atoms with Crippen LogP contribution in [0.5, 0.6) is 17.2 Å². The molecule has 5 nitrogen and oxygen atoms in total. The standard InChI is InChI=1S/C26H33NO4/c1-18-9-11-21(12-10-18)27(22-13-14-22)26(28)20-15-23(29-2)25(24(16-20)30-3)31-17-19-7-5-4-6-8-19/h4-8,15-16,18,21-22H,9-14,17H2,1-3H3. The summed E-state index contributed by atoms with van der Waals surface area (Å²) in [5, 5.41) is 0. The second kappa shape index (κ2) is 9.63. The highest BCUT2D eigenvalue weighted by molar-refractivity contribution is 5.96. The molecule has 0 aromatic heterocycles. The molecule has 31 heavy (non-hydrogen) atoms. The lowest BCUT2D eigenvalue weighted by atomic mass is 9.86. The third-order valence-corrected chi connectivity index (χ3v) is 6.49. The van der Waals surface area contributed by atoms with Gasteiger partial charge in [-0.3, -0.25) is 4.79 Å². The van der Waals surface area contributed by atoms with Gasteiger partial charge in [-0.2, -0.15) is 0 Å². The van der Waals surface area contributed by atoms with Crippen molar-refractivity contribution in [3.63, 3.8) is 0 Å². The molecule has 2 aliphatic rings. The average Bonchev–Trinajstić information content (AvgIpc) is 3.64. The van der Waals surface area contributed by atoms with Crippen LogP contribution in [0, 0.1) is 5.92 Å². The number of hydrogen-bond donors (Lipinski definition) is 0. The first-order valence-electron chi connectivity index (χ1n) is 11.4. The van der Waals surface area contributed by atoms with Crippen molar-refractivity contribution in [2.75, 3.05) is 14.2 Å². The first-order valence-corrected chi connectivity index (χ1v) is 11.4. The lowest BCUT2D eigenvalue weighted by molar-refractivity contribution is 0.0592. The van der Waals surface area contributed by atoms with Crippen molar-refractivity contribution in [2.24, 2.45) is 5.92 Å². The monoisotopic (exact) mass is 423 g/mol. The molecule has 2 saturated carbocycles. The second-order valence-corrected chi connectivity index (χ2v) is 8.84. The highest BCUT2D eigenvalue weighted by Gasteiger charge is 2.39. The summed E-state index contributed by atoms with van der Waals surface area (Å²) in [7, 11) is 3.19. The number of benzene rings is 2. The molecular formula is C26H33NO4. The minimum atomic E-state index is 0.0771. The lowest BCUT2D eigenvalue weighted by Crippen LogP contribution is -2.43. The maximum Gasteiger partial charge on any atom is 0.254 e. The predicted octanol–water partition coefficient (Wildman–Crippen LogP) is 5.47. The van der Waals surface area contributed by atoms with E-state index in [9.17, 15) is 4.79 Å². The van der Waals surface area contributed by atoms with Crippen LogP contribution in [-0.4, -0.2) is 37.1 Å². The Kier molecular flexibility index (Phi) is 6.69. The van der Waals surface area contributed by atoms with E-state index in [1.165, 1.54) is 12.8 Å². The number of nitrogens with zero attached hydrogens (tertiary/aromatic N) is 1. The molecule has 2 fully saturated rings. The molecule has 2 aliphatic carbocycles. The van der Waals surface area contributed by atoms with Crippen molar-refractivity contribution < 1.29 is 19.0 Å². The van der Waals surface area contributed by atoms with Gasteiger partial charge in [0.15, 0.2) is 11.5 Å². The van der Waals surface area contributed by atoms with E-state index in [1.54, 1.807) is 26.4 Å². The molecule has 0 aliphatic heterocycles. The molecule has 0 radical (unpaired) electrons. The molecule has 0 spiro atoms. The minimum absolute atomic E-state index is 0.0771. The van der Waals surface area contributed by atoms with Crippen LogP contribution in [0.3, 0.4) is 0 Å². The normalized spacial score (nSPS) is 20.7. The molecule has 2 aromatic rings. The SMILES string of the molecule is COc1cc(C(=O)N(C2CCC(C)CC2)C2CC2)cc(OC)c1OCc1ccccc1. The summed E-state index contributed by atoms with van der Waals surface area (Å²) in [6.45, 7) is 2.71. The summed E-state index contributed by atoms with van der Waals surface area (Å²) < 4.78 is 17.3. The third kappa shape index (κ3) is 4.97. The van der Waals surface area contributed by atoms with E-state index in [0.29, 0.717) is 41.5 Å². The molecule has 5 heteroatoms. The number of ether oxygens (including phenoxy) is 3. The Labute approximate surface area is 185 Å². The largest absolute Gasteiger partial charge is 0.493 e. The Bertz CT molecular complexity index is 861. The van der Waals surface area contributed by atoms with Crippen molar-refractivity contribution in [1.82, 2.24) is 4.90 Å². The van der Waals surface area contributed by atoms with Gasteiger partial charge in [0.05, 0.1) is 14.2 Å². The fourth-order valence-corrected chi connectivity index (χ4v) is 4.53. The second-order valence-electron chi connectivity index (χ2n) is 8.84. The van der Waals surface area contributed by atoms with Crippen LogP contribution >= 0.6 is 0 Å². The molecule has 1 amide bonds. The number of carbonyl (C=O) groups is 1. The van der Waals surface area contributed by atoms with E-state index in [2.05, 4.69) is 11.8 Å². The third-order valence-electron chi connectivity index (χ3n) is 6.49. The number of methoxy groups -OCH3 is 2. The summed E-state index contributed by atoms with van der Waals surface area (Å²) >= 11 is 0. The van der Waals surface area contributed by atoms with Gasteiger partial charge in [-0.05, 0) is 62.1 Å². The van der Waals surface area contributed by atoms with E-state index in [-0.39, 0.29) is 5.91 Å². The van der Waals surface area contributed by atoms with Crippen LogP contribution in [0.1, 0.15) is 61.4 Å². The van der Waals surface area contributed by atoms with Gasteiger partial charge in [0.25, 0.3) is 5.91 Å². The van der Waals surface area contributed by atoms with Crippen molar-refractivity contribution in [2.45, 2.75) is 64.1 Å². The van der Waals surface area contributed by atoms with Crippen molar-refractivity contribution in [1.29, 1.82) is 0 Å². The lowest BCUT2D eigenvalue weighted by Gasteiger charge is -2.36. The molecule has 4 rings (SSSR count). The number of amides is 1. The van der Waals surface area contributed by atoms with E-state index in [0.717, 1.165) is 37.2 Å². The smallest absolute Gasteiger partial charge is 0.254 e. The van der Waals surface area contributed by atoms with Gasteiger partial charge in [-0.1, -0.05) is 37.3 Å². The summed E-state index contributed by atoms with van der Waals surface area (Å²) in [5.74, 6) is 2.40. The van der Waals surface area contributed by atoms with Crippen LogP contribution < -0.4 is 14.2 Å². The van der Waals surface area contributed by atoms with Crippen molar-refractivity contribution in [3.8, 4) is 17.2 Å². The Morgan fingerprint density at radius 2 is 1.45 bits per heavy atom. The molecule has 2 aromatic carbocycles. The number of rotatable bonds is 8. The maximum atomic E-state index is 13.6. The number of carbonyl (C=O) groups excluding carboxylic acids is 1. The van der Waals surface area contributed by atoms with Crippen molar-refractivity contribution in [3.05, 3.63) is 53.6 Å². The van der Waals surface area contributed by atoms with Gasteiger partial charge in [0, 0.05) is 17.6 Å². The Morgan fingerprint density at radius 1 is 0.903 bits per heavy atom. The van der Waals surface area contributed by atoms with Gasteiger partial charge >= 0.3 is 0 Å². The van der Waals surface area contributed by atoms with Gasteiger partial charge in [0.1, 0.15) is 6.61 Å². The Balaban J connectivity index is 1.58. The van der Waals surface area contributed by atoms with E-state index >= 15 is 0 Å². The molecule has 0 heterocycles. The van der Waals surface area contributed by atoms with E-state index < -0.39 is 0 Å². The quantitative estimate of drug-likeness (QED) is 0.565. The van der Waals surface area contributed by atoms with Crippen LogP contribution in [0.4, 0.5) is 0 Å². The Hall–Kier alpha value is -2.69. The molecule has 0 bridgehead atoms. The fourth-order valence-electron chi connectivity index (χ4n) is 4.53. The summed E-state index contributed by atoms with van der Waals surface area (Å²) in [6, 6.07) is 14.3. The van der Waals surface area contributed by atoms with Crippen LogP contribution in [0.25, 0.3) is 0 Å². The van der Waals surface area contributed by atoms with Gasteiger partial charge < -0.3 is 19.1 Å². The molecular weight excluding hydrogens is 390 g/mol. The first kappa shape index (κ1) is 21.5. The van der Waals surface area contributed by atoms with Crippen LogP contribution in [-0.2, 0) is 6.61 Å². The van der Waals surface area contributed by atoms with Gasteiger partial charge in [-0.15, -0.1) is 0 Å². The zero-order chi connectivity index (χ0) is 21.8. The molecule has 0 unspecified atom stereocenters. The van der Waals surface area contributed by atoms with Crippen LogP contribution in [0.2, 0.25) is 0 Å². The maximum absolute atomic E-state index is 13.6. The predicted molar refractivity (Wildman–Crippen MR) is 121 cm³/mol. The topological polar surface area (TPSA) is 48.0 Å². The summed E-state index contributed by atoms with van der Waals surface area (Å²) in [6.07, 6.45) is 6.78. The molecule has 166 valence electrons. The van der Waals surface area contributed by atoms with Crippen molar-refractivity contribution >= 4 is 5.91 Å². The number of hydrogen-bond acceptors (Lipinski definition) is 4. The Morgan fingerprint density at radius 3 is 1.97 bits per heavy atom. The highest BCUT2D eigenvalue weighted by atomic mass is 16.5. The summed E-state index contributed by atoms with van der Waals surface area (Å²) in [4.78, 5) is 15.8. The van der Waals surface area contributed by atoms with Gasteiger partial charge in [-0.25, -0.2) is 0 Å². The minimum Gasteiger partial charge on any atom is -0.493 e. The van der Waals surface area contributed by atoms with Gasteiger partial charge in [0.2, 0.25) is 5.75 Å².